The van der Waals surface area contributed by atoms with E-state index >= 15 is 0 Å². The first kappa shape index (κ1) is 22.3. The molecule has 3 aliphatic rings. The highest BCUT2D eigenvalue weighted by Crippen LogP contribution is 2.29. The largest absolute Gasteiger partial charge is 0.379 e. The molecule has 2 N–H and O–H groups in total. The zero-order chi connectivity index (χ0) is 19.2. The molecule has 1 aromatic carbocycles. The van der Waals surface area contributed by atoms with Crippen molar-refractivity contribution >= 4 is 24.0 Å². The van der Waals surface area contributed by atoms with Crippen LogP contribution < -0.4 is 15.5 Å². The maximum Gasteiger partial charge on any atom is 0.223 e. The van der Waals surface area contributed by atoms with Crippen LogP contribution in [0.3, 0.4) is 0 Å². The van der Waals surface area contributed by atoms with Crippen LogP contribution in [0.25, 0.3) is 0 Å². The highest BCUT2D eigenvalue weighted by atomic mass is 35.5. The second-order valence-corrected chi connectivity index (χ2v) is 8.24. The standard InChI is InChI=1S/C22H34N4O2.ClH/c27-22(26-14-12-25(13-15-26)18-5-2-1-3-6-18)9-10-23-20-8-4-7-19(20)21-17-28-16-11-24-21;/h1-3,5-6,19-21,23-24H,4,7-17H2;1H. The number of nitrogens with zero attached hydrogens (tertiary/aromatic N) is 2. The van der Waals surface area contributed by atoms with Crippen LogP contribution in [-0.4, -0.2) is 75.4 Å². The lowest BCUT2D eigenvalue weighted by Gasteiger charge is -2.36. The number of piperazine rings is 1. The summed E-state index contributed by atoms with van der Waals surface area (Å²) in [7, 11) is 0. The van der Waals surface area contributed by atoms with Gasteiger partial charge >= 0.3 is 0 Å². The summed E-state index contributed by atoms with van der Waals surface area (Å²) in [5.74, 6) is 0.915. The third-order valence-corrected chi connectivity index (χ3v) is 6.54. The highest BCUT2D eigenvalue weighted by molar-refractivity contribution is 5.85. The van der Waals surface area contributed by atoms with E-state index in [1.807, 2.05) is 11.0 Å². The van der Waals surface area contributed by atoms with Crippen LogP contribution in [0.2, 0.25) is 0 Å². The van der Waals surface area contributed by atoms with Gasteiger partial charge in [-0.1, -0.05) is 24.6 Å². The lowest BCUT2D eigenvalue weighted by Crippen LogP contribution is -2.51. The Kier molecular flexibility index (Phi) is 8.60. The van der Waals surface area contributed by atoms with Gasteiger partial charge in [-0.25, -0.2) is 0 Å². The first-order valence-electron chi connectivity index (χ1n) is 10.9. The van der Waals surface area contributed by atoms with E-state index in [0.717, 1.165) is 52.5 Å². The topological polar surface area (TPSA) is 56.8 Å². The summed E-state index contributed by atoms with van der Waals surface area (Å²) in [4.78, 5) is 17.0. The number of anilines is 1. The van der Waals surface area contributed by atoms with Gasteiger partial charge in [0.05, 0.1) is 13.2 Å². The lowest BCUT2D eigenvalue weighted by atomic mass is 9.94. The number of benzene rings is 1. The molecule has 6 nitrogen and oxygen atoms in total. The van der Waals surface area contributed by atoms with E-state index in [-0.39, 0.29) is 18.3 Å². The van der Waals surface area contributed by atoms with E-state index < -0.39 is 0 Å². The van der Waals surface area contributed by atoms with Gasteiger partial charge in [-0.2, -0.15) is 0 Å². The van der Waals surface area contributed by atoms with Crippen molar-refractivity contribution in [1.82, 2.24) is 15.5 Å². The molecule has 1 aliphatic carbocycles. The first-order chi connectivity index (χ1) is 13.8. The average Bonchev–Trinajstić information content (AvgIpc) is 3.23. The van der Waals surface area contributed by atoms with Gasteiger partial charge in [-0.3, -0.25) is 4.79 Å². The molecule has 3 fully saturated rings. The molecule has 0 spiro atoms. The first-order valence-corrected chi connectivity index (χ1v) is 10.9. The monoisotopic (exact) mass is 422 g/mol. The van der Waals surface area contributed by atoms with Gasteiger partial charge in [0.15, 0.2) is 0 Å². The number of carbonyl (C=O) groups is 1. The van der Waals surface area contributed by atoms with Crippen LogP contribution in [0.1, 0.15) is 25.7 Å². The van der Waals surface area contributed by atoms with E-state index in [0.29, 0.717) is 24.4 Å². The number of ether oxygens (including phenoxy) is 1. The number of hydrogen-bond acceptors (Lipinski definition) is 5. The lowest BCUT2D eigenvalue weighted by molar-refractivity contribution is -0.131. The molecule has 7 heteroatoms. The average molecular weight is 423 g/mol. The quantitative estimate of drug-likeness (QED) is 0.733. The molecule has 3 unspecified atom stereocenters. The second kappa shape index (κ2) is 11.2. The maximum absolute atomic E-state index is 12.6. The summed E-state index contributed by atoms with van der Waals surface area (Å²) in [6.45, 7) is 6.88. The molecule has 1 amide bonds. The molecule has 0 bridgehead atoms. The molecular weight excluding hydrogens is 388 g/mol. The Morgan fingerprint density at radius 3 is 2.66 bits per heavy atom. The van der Waals surface area contributed by atoms with E-state index in [1.54, 1.807) is 0 Å². The van der Waals surface area contributed by atoms with Crippen LogP contribution in [0.15, 0.2) is 30.3 Å². The van der Waals surface area contributed by atoms with Crippen molar-refractivity contribution in [3.05, 3.63) is 30.3 Å². The van der Waals surface area contributed by atoms with Crippen LogP contribution in [-0.2, 0) is 9.53 Å². The zero-order valence-corrected chi connectivity index (χ0v) is 18.0. The maximum atomic E-state index is 12.6. The fraction of sp³-hybridized carbons (Fsp3) is 0.682. The summed E-state index contributed by atoms with van der Waals surface area (Å²) in [6.07, 6.45) is 4.35. The van der Waals surface area contributed by atoms with Crippen molar-refractivity contribution in [1.29, 1.82) is 0 Å². The Labute approximate surface area is 180 Å². The van der Waals surface area contributed by atoms with E-state index in [4.69, 9.17) is 4.74 Å². The molecule has 2 aliphatic heterocycles. The predicted molar refractivity (Wildman–Crippen MR) is 119 cm³/mol. The van der Waals surface area contributed by atoms with E-state index in [1.165, 1.54) is 24.9 Å². The third kappa shape index (κ3) is 5.85. The molecule has 0 aromatic heterocycles. The Bertz CT molecular complexity index is 618. The minimum absolute atomic E-state index is 0. The van der Waals surface area contributed by atoms with Crippen LogP contribution >= 0.6 is 12.4 Å². The summed E-state index contributed by atoms with van der Waals surface area (Å²) in [6, 6.07) is 11.5. The number of morpholine rings is 1. The van der Waals surface area contributed by atoms with Gasteiger partial charge < -0.3 is 25.2 Å². The summed E-state index contributed by atoms with van der Waals surface area (Å²) < 4.78 is 5.65. The zero-order valence-electron chi connectivity index (χ0n) is 17.2. The number of para-hydroxylation sites is 1. The van der Waals surface area contributed by atoms with Crippen molar-refractivity contribution in [2.24, 2.45) is 5.92 Å². The summed E-state index contributed by atoms with van der Waals surface area (Å²) in [5.41, 5.74) is 1.25. The van der Waals surface area contributed by atoms with E-state index in [2.05, 4.69) is 39.8 Å². The SMILES string of the molecule is Cl.O=C(CCNC1CCCC1C1COCCN1)N1CCN(c2ccccc2)CC1. The van der Waals surface area contributed by atoms with Crippen LogP contribution in [0, 0.1) is 5.92 Å². The molecular formula is C22H35ClN4O2. The van der Waals surface area contributed by atoms with Crippen LogP contribution in [0.4, 0.5) is 5.69 Å². The van der Waals surface area contributed by atoms with Gasteiger partial charge in [0.25, 0.3) is 0 Å². The summed E-state index contributed by atoms with van der Waals surface area (Å²) in [5, 5.41) is 7.29. The highest BCUT2D eigenvalue weighted by Gasteiger charge is 2.34. The number of halogens is 1. The molecule has 0 radical (unpaired) electrons. The number of nitrogens with one attached hydrogen (secondary N) is 2. The Morgan fingerprint density at radius 1 is 1.14 bits per heavy atom. The van der Waals surface area contributed by atoms with Crippen molar-refractivity contribution in [3.8, 4) is 0 Å². The number of amides is 1. The molecule has 3 atom stereocenters. The molecule has 162 valence electrons. The smallest absolute Gasteiger partial charge is 0.223 e. The number of rotatable bonds is 6. The molecule has 1 aromatic rings. The normalized spacial score (nSPS) is 27.5. The molecule has 2 heterocycles. The van der Waals surface area contributed by atoms with Gasteiger partial charge in [-0.15, -0.1) is 12.4 Å². The van der Waals surface area contributed by atoms with Crippen molar-refractivity contribution in [2.45, 2.75) is 37.8 Å². The minimum Gasteiger partial charge on any atom is -0.379 e. The van der Waals surface area contributed by atoms with Crippen molar-refractivity contribution in [3.63, 3.8) is 0 Å². The third-order valence-electron chi connectivity index (χ3n) is 6.54. The molecule has 4 rings (SSSR count). The Balaban J connectivity index is 0.00000240. The van der Waals surface area contributed by atoms with Crippen LogP contribution in [0.5, 0.6) is 0 Å². The van der Waals surface area contributed by atoms with Crippen molar-refractivity contribution < 1.29 is 9.53 Å². The van der Waals surface area contributed by atoms with Gasteiger partial charge in [0.2, 0.25) is 5.91 Å². The molecule has 2 saturated heterocycles. The fourth-order valence-corrected chi connectivity index (χ4v) is 4.96. The Morgan fingerprint density at radius 2 is 1.93 bits per heavy atom. The van der Waals surface area contributed by atoms with Gasteiger partial charge in [-0.05, 0) is 30.9 Å². The fourth-order valence-electron chi connectivity index (χ4n) is 4.96. The predicted octanol–water partition coefficient (Wildman–Crippen LogP) is 1.89. The number of carbonyl (C=O) groups excluding carboxylic acids is 1. The van der Waals surface area contributed by atoms with Gasteiger partial charge in [0, 0.05) is 63.5 Å². The second-order valence-electron chi connectivity index (χ2n) is 8.24. The molecule has 29 heavy (non-hydrogen) atoms. The molecule has 1 saturated carbocycles. The van der Waals surface area contributed by atoms with Gasteiger partial charge in [0.1, 0.15) is 0 Å². The number of hydrogen-bond donors (Lipinski definition) is 2. The Hall–Kier alpha value is -1.34. The van der Waals surface area contributed by atoms with E-state index in [9.17, 15) is 4.79 Å². The van der Waals surface area contributed by atoms with Crippen molar-refractivity contribution in [2.75, 3.05) is 57.4 Å². The minimum atomic E-state index is 0. The summed E-state index contributed by atoms with van der Waals surface area (Å²) >= 11 is 0.